The quantitative estimate of drug-likeness (QED) is 0.594. The summed E-state index contributed by atoms with van der Waals surface area (Å²) in [6.07, 6.45) is 5.01. The van der Waals surface area contributed by atoms with Crippen molar-refractivity contribution in [2.45, 2.75) is 26.3 Å². The first kappa shape index (κ1) is 15.9. The predicted molar refractivity (Wildman–Crippen MR) is 83.0 cm³/mol. The summed E-state index contributed by atoms with van der Waals surface area (Å²) in [5.41, 5.74) is 1.06. The summed E-state index contributed by atoms with van der Waals surface area (Å²) in [4.78, 5) is 10.9. The van der Waals surface area contributed by atoms with E-state index in [1.807, 2.05) is 31.5 Å². The highest BCUT2D eigenvalue weighted by molar-refractivity contribution is 7.10. The molecular formula is C14H23N3OS. The number of aliphatic imine (C=N–C) groups is 1. The number of aromatic nitrogens is 1. The van der Waals surface area contributed by atoms with Crippen molar-refractivity contribution in [3.05, 3.63) is 22.2 Å². The molecule has 0 bridgehead atoms. The van der Waals surface area contributed by atoms with Crippen LogP contribution in [-0.4, -0.2) is 49.6 Å². The van der Waals surface area contributed by atoms with Gasteiger partial charge >= 0.3 is 0 Å². The van der Waals surface area contributed by atoms with Gasteiger partial charge in [0.2, 0.25) is 0 Å². The van der Waals surface area contributed by atoms with Crippen LogP contribution in [0.2, 0.25) is 0 Å². The smallest absolute Gasteiger partial charge is 0.123 e. The molecule has 0 saturated carbocycles. The second-order valence-corrected chi connectivity index (χ2v) is 5.37. The first-order valence-corrected chi connectivity index (χ1v) is 7.25. The Morgan fingerprint density at radius 1 is 1.63 bits per heavy atom. The highest BCUT2D eigenvalue weighted by Gasteiger charge is 2.11. The summed E-state index contributed by atoms with van der Waals surface area (Å²) < 4.78 is 5.12. The van der Waals surface area contributed by atoms with Gasteiger partial charge in [0, 0.05) is 44.9 Å². The normalized spacial score (nSPS) is 14.1. The molecule has 1 rings (SSSR count). The summed E-state index contributed by atoms with van der Waals surface area (Å²) in [6, 6.07) is 0.390. The minimum Gasteiger partial charge on any atom is -0.385 e. The van der Waals surface area contributed by atoms with Crippen LogP contribution >= 0.6 is 11.3 Å². The van der Waals surface area contributed by atoms with Gasteiger partial charge in [-0.2, -0.15) is 0 Å². The fraction of sp³-hybridized carbons (Fsp3) is 0.571. The minimum absolute atomic E-state index is 0.390. The minimum atomic E-state index is 0.390. The monoisotopic (exact) mass is 281 g/mol. The second kappa shape index (κ2) is 8.07. The van der Waals surface area contributed by atoms with Gasteiger partial charge in [0.15, 0.2) is 0 Å². The lowest BCUT2D eigenvalue weighted by Crippen LogP contribution is -2.34. The first-order chi connectivity index (χ1) is 9.08. The van der Waals surface area contributed by atoms with Gasteiger partial charge in [-0.05, 0) is 32.4 Å². The predicted octanol–water partition coefficient (Wildman–Crippen LogP) is 2.85. The van der Waals surface area contributed by atoms with Crippen molar-refractivity contribution in [2.75, 3.05) is 27.8 Å². The average Bonchev–Trinajstić information content (AvgIpc) is 2.82. The number of amidine groups is 1. The highest BCUT2D eigenvalue weighted by Crippen LogP contribution is 2.11. The molecular weight excluding hydrogens is 258 g/mol. The van der Waals surface area contributed by atoms with Gasteiger partial charge in [-0.3, -0.25) is 4.99 Å². The maximum atomic E-state index is 5.12. The van der Waals surface area contributed by atoms with Crippen LogP contribution in [0.15, 0.2) is 16.4 Å². The van der Waals surface area contributed by atoms with Gasteiger partial charge in [-0.1, -0.05) is 0 Å². The summed E-state index contributed by atoms with van der Waals surface area (Å²) in [5.74, 6) is 0.955. The third kappa shape index (κ3) is 5.12. The van der Waals surface area contributed by atoms with Crippen LogP contribution in [0.1, 0.15) is 24.0 Å². The van der Waals surface area contributed by atoms with Crippen LogP contribution in [0.4, 0.5) is 0 Å². The number of hydrogen-bond acceptors (Lipinski definition) is 4. The van der Waals surface area contributed by atoms with Crippen LogP contribution in [0.5, 0.6) is 0 Å². The number of methoxy groups -OCH3 is 1. The van der Waals surface area contributed by atoms with Crippen molar-refractivity contribution in [2.24, 2.45) is 4.99 Å². The molecule has 0 saturated heterocycles. The Hall–Kier alpha value is -1.20. The van der Waals surface area contributed by atoms with E-state index in [0.717, 1.165) is 29.6 Å². The van der Waals surface area contributed by atoms with E-state index < -0.39 is 0 Å². The SMILES string of the molecule is CN=C(/C=C/c1nc(C)cs1)N(C)C(C)CCOC. The van der Waals surface area contributed by atoms with Crippen LogP contribution in [0, 0.1) is 6.92 Å². The molecule has 0 fully saturated rings. The molecule has 0 aliphatic rings. The topological polar surface area (TPSA) is 37.7 Å². The van der Waals surface area contributed by atoms with Gasteiger partial charge in [0.1, 0.15) is 10.8 Å². The van der Waals surface area contributed by atoms with Crippen LogP contribution in [0.3, 0.4) is 0 Å². The lowest BCUT2D eigenvalue weighted by atomic mass is 10.2. The van der Waals surface area contributed by atoms with E-state index in [2.05, 4.69) is 28.8 Å². The Balaban J connectivity index is 2.65. The van der Waals surface area contributed by atoms with Crippen molar-refractivity contribution in [3.8, 4) is 0 Å². The number of hydrogen-bond donors (Lipinski definition) is 0. The zero-order valence-electron chi connectivity index (χ0n) is 12.4. The molecule has 0 amide bonds. The molecule has 1 atom stereocenters. The molecule has 106 valence electrons. The van der Waals surface area contributed by atoms with Crippen molar-refractivity contribution >= 4 is 23.2 Å². The summed E-state index contributed by atoms with van der Waals surface area (Å²) in [5, 5.41) is 3.06. The van der Waals surface area contributed by atoms with E-state index in [4.69, 9.17) is 4.74 Å². The molecule has 4 nitrogen and oxygen atoms in total. The van der Waals surface area contributed by atoms with Crippen molar-refractivity contribution in [3.63, 3.8) is 0 Å². The molecule has 0 radical (unpaired) electrons. The van der Waals surface area contributed by atoms with Gasteiger partial charge in [0.25, 0.3) is 0 Å². The average molecular weight is 281 g/mol. The molecule has 5 heteroatoms. The largest absolute Gasteiger partial charge is 0.385 e. The summed E-state index contributed by atoms with van der Waals surface area (Å²) >= 11 is 1.64. The molecule has 0 aliphatic heterocycles. The Kier molecular flexibility index (Phi) is 6.73. The third-order valence-corrected chi connectivity index (χ3v) is 3.93. The number of rotatable bonds is 6. The van der Waals surface area contributed by atoms with Gasteiger partial charge < -0.3 is 9.64 Å². The Labute approximate surface area is 119 Å². The fourth-order valence-corrected chi connectivity index (χ4v) is 2.34. The fourth-order valence-electron chi connectivity index (χ4n) is 1.65. The zero-order chi connectivity index (χ0) is 14.3. The maximum Gasteiger partial charge on any atom is 0.123 e. The van der Waals surface area contributed by atoms with E-state index in [9.17, 15) is 0 Å². The van der Waals surface area contributed by atoms with Crippen molar-refractivity contribution in [1.29, 1.82) is 0 Å². The zero-order valence-corrected chi connectivity index (χ0v) is 13.2. The summed E-state index contributed by atoms with van der Waals surface area (Å²) in [7, 11) is 5.60. The van der Waals surface area contributed by atoms with Crippen LogP contribution in [0.25, 0.3) is 6.08 Å². The Bertz CT molecular complexity index is 440. The van der Waals surface area contributed by atoms with Crippen LogP contribution in [-0.2, 0) is 4.74 Å². The molecule has 0 aliphatic carbocycles. The molecule has 1 aromatic rings. The molecule has 1 aromatic heterocycles. The highest BCUT2D eigenvalue weighted by atomic mass is 32.1. The van der Waals surface area contributed by atoms with Crippen molar-refractivity contribution < 1.29 is 4.74 Å². The lowest BCUT2D eigenvalue weighted by Gasteiger charge is -2.26. The second-order valence-electron chi connectivity index (χ2n) is 4.48. The van der Waals surface area contributed by atoms with E-state index in [1.165, 1.54) is 0 Å². The first-order valence-electron chi connectivity index (χ1n) is 6.37. The van der Waals surface area contributed by atoms with Gasteiger partial charge in [-0.15, -0.1) is 11.3 Å². The molecule has 0 aromatic carbocycles. The van der Waals surface area contributed by atoms with E-state index in [-0.39, 0.29) is 0 Å². The number of ether oxygens (including phenoxy) is 1. The van der Waals surface area contributed by atoms with Gasteiger partial charge in [0.05, 0.1) is 0 Å². The van der Waals surface area contributed by atoms with E-state index in [1.54, 1.807) is 18.4 Å². The van der Waals surface area contributed by atoms with Gasteiger partial charge in [-0.25, -0.2) is 4.98 Å². The maximum absolute atomic E-state index is 5.12. The van der Waals surface area contributed by atoms with Crippen LogP contribution < -0.4 is 0 Å². The molecule has 19 heavy (non-hydrogen) atoms. The van der Waals surface area contributed by atoms with E-state index >= 15 is 0 Å². The Morgan fingerprint density at radius 3 is 2.89 bits per heavy atom. The summed E-state index contributed by atoms with van der Waals surface area (Å²) in [6.45, 7) is 4.94. The number of thiazole rings is 1. The molecule has 1 heterocycles. The van der Waals surface area contributed by atoms with Crippen molar-refractivity contribution in [1.82, 2.24) is 9.88 Å². The Morgan fingerprint density at radius 2 is 2.37 bits per heavy atom. The molecule has 1 unspecified atom stereocenters. The number of aryl methyl sites for hydroxylation is 1. The lowest BCUT2D eigenvalue weighted by molar-refractivity contribution is 0.173. The third-order valence-electron chi connectivity index (χ3n) is 3.00. The molecule has 0 N–H and O–H groups in total. The standard InChI is InChI=1S/C14H23N3OS/c1-11-10-19-14(16-11)7-6-13(15-3)17(4)12(2)8-9-18-5/h6-7,10,12H,8-9H2,1-5H3/b7-6+,15-13?. The van der Waals surface area contributed by atoms with E-state index in [0.29, 0.717) is 6.04 Å². The molecule has 0 spiro atoms. The number of nitrogens with zero attached hydrogens (tertiary/aromatic N) is 3. The number of likely N-dealkylation sites (N-methyl/N-ethyl adjacent to an activating group) is 1.